The highest BCUT2D eigenvalue weighted by molar-refractivity contribution is 7.89. The second-order valence-corrected chi connectivity index (χ2v) is 7.90. The first-order chi connectivity index (χ1) is 10.3. The Hall–Kier alpha value is -1.40. The van der Waals surface area contributed by atoms with Crippen LogP contribution in [0.25, 0.3) is 0 Å². The third-order valence-corrected chi connectivity index (χ3v) is 5.42. The molecule has 1 heterocycles. The number of hydrogen-bond acceptors (Lipinski definition) is 3. The minimum Gasteiger partial charge on any atom is -0.341 e. The molecule has 1 aromatic carbocycles. The predicted molar refractivity (Wildman–Crippen MR) is 85.9 cm³/mol. The third kappa shape index (κ3) is 3.87. The lowest BCUT2D eigenvalue weighted by atomic mass is 10.0. The van der Waals surface area contributed by atoms with Crippen molar-refractivity contribution in [1.82, 2.24) is 9.62 Å². The molecule has 0 saturated carbocycles. The smallest absolute Gasteiger partial charge is 0.241 e. The van der Waals surface area contributed by atoms with Gasteiger partial charge in [-0.1, -0.05) is 31.5 Å². The van der Waals surface area contributed by atoms with Gasteiger partial charge in [0, 0.05) is 13.1 Å². The molecule has 1 aliphatic heterocycles. The third-order valence-electron chi connectivity index (χ3n) is 3.96. The van der Waals surface area contributed by atoms with Crippen molar-refractivity contribution in [3.05, 3.63) is 29.8 Å². The lowest BCUT2D eigenvalue weighted by Gasteiger charge is -2.26. The molecule has 1 amide bonds. The molecule has 0 spiro atoms. The second kappa shape index (κ2) is 6.79. The number of sulfonamides is 1. The quantitative estimate of drug-likeness (QED) is 0.900. The molecule has 1 saturated heterocycles. The van der Waals surface area contributed by atoms with Gasteiger partial charge in [0.1, 0.15) is 6.04 Å². The number of amides is 1. The van der Waals surface area contributed by atoms with E-state index in [-0.39, 0.29) is 16.7 Å². The number of benzene rings is 1. The van der Waals surface area contributed by atoms with E-state index in [1.165, 1.54) is 0 Å². The zero-order valence-electron chi connectivity index (χ0n) is 13.4. The van der Waals surface area contributed by atoms with Crippen molar-refractivity contribution in [2.75, 3.05) is 13.1 Å². The minimum absolute atomic E-state index is 0.103. The molecule has 1 fully saturated rings. The monoisotopic (exact) mass is 324 g/mol. The molecule has 5 nitrogen and oxygen atoms in total. The molecule has 0 bridgehead atoms. The van der Waals surface area contributed by atoms with E-state index < -0.39 is 16.1 Å². The number of rotatable bonds is 5. The summed E-state index contributed by atoms with van der Waals surface area (Å²) in [7, 11) is -3.69. The first-order valence-corrected chi connectivity index (χ1v) is 9.17. The standard InChI is InChI=1S/C16H24N2O3S/c1-12(2)15(16(19)18-10-4-5-11-18)17-22(20,21)14-8-6-13(3)7-9-14/h6-9,12,15,17H,4-5,10-11H2,1-3H3/t15-/m0/s1. The van der Waals surface area contributed by atoms with Gasteiger partial charge in [-0.15, -0.1) is 0 Å². The first-order valence-electron chi connectivity index (χ1n) is 7.69. The predicted octanol–water partition coefficient (Wildman–Crippen LogP) is 1.92. The van der Waals surface area contributed by atoms with Crippen LogP contribution < -0.4 is 4.72 Å². The number of aryl methyl sites for hydroxylation is 1. The van der Waals surface area contributed by atoms with E-state index in [0.717, 1.165) is 18.4 Å². The lowest BCUT2D eigenvalue weighted by Crippen LogP contribution is -2.50. The highest BCUT2D eigenvalue weighted by Gasteiger charge is 2.32. The Morgan fingerprint density at radius 3 is 2.18 bits per heavy atom. The molecule has 22 heavy (non-hydrogen) atoms. The average Bonchev–Trinajstić information content (AvgIpc) is 2.98. The van der Waals surface area contributed by atoms with Crippen LogP contribution in [0.15, 0.2) is 29.2 Å². The van der Waals surface area contributed by atoms with Gasteiger partial charge in [0.05, 0.1) is 4.90 Å². The van der Waals surface area contributed by atoms with Crippen molar-refractivity contribution in [3.8, 4) is 0 Å². The Bertz CT molecular complexity index is 617. The van der Waals surface area contributed by atoms with Crippen molar-refractivity contribution in [2.45, 2.75) is 44.6 Å². The van der Waals surface area contributed by atoms with Gasteiger partial charge in [-0.3, -0.25) is 4.79 Å². The van der Waals surface area contributed by atoms with E-state index in [2.05, 4.69) is 4.72 Å². The van der Waals surface area contributed by atoms with Gasteiger partial charge < -0.3 is 4.90 Å². The number of carbonyl (C=O) groups is 1. The summed E-state index contributed by atoms with van der Waals surface area (Å²) in [6, 6.07) is 5.91. The van der Waals surface area contributed by atoms with Crippen LogP contribution in [-0.2, 0) is 14.8 Å². The molecule has 0 aliphatic carbocycles. The van der Waals surface area contributed by atoms with E-state index in [1.54, 1.807) is 29.2 Å². The van der Waals surface area contributed by atoms with E-state index in [4.69, 9.17) is 0 Å². The summed E-state index contributed by atoms with van der Waals surface area (Å²) >= 11 is 0. The molecule has 0 unspecified atom stereocenters. The second-order valence-electron chi connectivity index (χ2n) is 6.19. The van der Waals surface area contributed by atoms with Crippen LogP contribution in [0, 0.1) is 12.8 Å². The largest absolute Gasteiger partial charge is 0.341 e. The molecular formula is C16H24N2O3S. The molecule has 6 heteroatoms. The Morgan fingerprint density at radius 2 is 1.68 bits per heavy atom. The van der Waals surface area contributed by atoms with Gasteiger partial charge in [-0.25, -0.2) is 8.42 Å². The van der Waals surface area contributed by atoms with Crippen molar-refractivity contribution in [3.63, 3.8) is 0 Å². The summed E-state index contributed by atoms with van der Waals surface area (Å²) in [4.78, 5) is 14.5. The molecule has 1 N–H and O–H groups in total. The maximum absolute atomic E-state index is 12.5. The molecule has 0 aromatic heterocycles. The molecule has 1 atom stereocenters. The minimum atomic E-state index is -3.69. The van der Waals surface area contributed by atoms with Gasteiger partial charge in [0.2, 0.25) is 15.9 Å². The Labute approximate surface area is 132 Å². The molecule has 1 aliphatic rings. The van der Waals surface area contributed by atoms with Crippen LogP contribution in [0.4, 0.5) is 0 Å². The van der Waals surface area contributed by atoms with Crippen molar-refractivity contribution in [2.24, 2.45) is 5.92 Å². The highest BCUT2D eigenvalue weighted by atomic mass is 32.2. The molecule has 122 valence electrons. The van der Waals surface area contributed by atoms with Gasteiger partial charge in [0.15, 0.2) is 0 Å². The number of likely N-dealkylation sites (tertiary alicyclic amines) is 1. The zero-order valence-corrected chi connectivity index (χ0v) is 14.2. The number of nitrogens with zero attached hydrogens (tertiary/aromatic N) is 1. The van der Waals surface area contributed by atoms with Crippen LogP contribution in [-0.4, -0.2) is 38.4 Å². The van der Waals surface area contributed by atoms with E-state index in [1.807, 2.05) is 20.8 Å². The molecule has 0 radical (unpaired) electrons. The summed E-state index contributed by atoms with van der Waals surface area (Å²) in [6.07, 6.45) is 1.97. The van der Waals surface area contributed by atoms with E-state index >= 15 is 0 Å². The van der Waals surface area contributed by atoms with E-state index in [9.17, 15) is 13.2 Å². The summed E-state index contributed by atoms with van der Waals surface area (Å²) < 4.78 is 27.6. The first kappa shape index (κ1) is 17.0. The Morgan fingerprint density at radius 1 is 1.14 bits per heavy atom. The maximum Gasteiger partial charge on any atom is 0.241 e. The summed E-state index contributed by atoms with van der Waals surface area (Å²) in [5, 5.41) is 0. The summed E-state index contributed by atoms with van der Waals surface area (Å²) in [5.74, 6) is -0.225. The summed E-state index contributed by atoms with van der Waals surface area (Å²) in [6.45, 7) is 7.05. The number of carbonyl (C=O) groups excluding carboxylic acids is 1. The topological polar surface area (TPSA) is 66.5 Å². The van der Waals surface area contributed by atoms with Gasteiger partial charge in [0.25, 0.3) is 0 Å². The average molecular weight is 324 g/mol. The van der Waals surface area contributed by atoms with Crippen molar-refractivity contribution in [1.29, 1.82) is 0 Å². The van der Waals surface area contributed by atoms with Crippen LogP contribution in [0.5, 0.6) is 0 Å². The van der Waals surface area contributed by atoms with Crippen molar-refractivity contribution < 1.29 is 13.2 Å². The van der Waals surface area contributed by atoms with Gasteiger partial charge >= 0.3 is 0 Å². The SMILES string of the molecule is Cc1ccc(S(=O)(=O)N[C@H](C(=O)N2CCCC2)C(C)C)cc1. The Kier molecular flexibility index (Phi) is 5.24. The fourth-order valence-corrected chi connectivity index (χ4v) is 3.90. The number of nitrogens with one attached hydrogen (secondary N) is 1. The normalized spacial score (nSPS) is 17.0. The molecule has 2 rings (SSSR count). The fourth-order valence-electron chi connectivity index (χ4n) is 2.56. The molecular weight excluding hydrogens is 300 g/mol. The van der Waals surface area contributed by atoms with E-state index in [0.29, 0.717) is 13.1 Å². The Balaban J connectivity index is 2.19. The van der Waals surface area contributed by atoms with Crippen LogP contribution >= 0.6 is 0 Å². The zero-order chi connectivity index (χ0) is 16.3. The lowest BCUT2D eigenvalue weighted by molar-refractivity contribution is -0.132. The highest BCUT2D eigenvalue weighted by Crippen LogP contribution is 2.16. The van der Waals surface area contributed by atoms with Crippen LogP contribution in [0.1, 0.15) is 32.3 Å². The van der Waals surface area contributed by atoms with Crippen LogP contribution in [0.2, 0.25) is 0 Å². The summed E-state index contributed by atoms with van der Waals surface area (Å²) in [5.41, 5.74) is 0.993. The molecule has 1 aromatic rings. The van der Waals surface area contributed by atoms with Gasteiger partial charge in [-0.05, 0) is 37.8 Å². The van der Waals surface area contributed by atoms with Gasteiger partial charge in [-0.2, -0.15) is 4.72 Å². The maximum atomic E-state index is 12.5. The number of hydrogen-bond donors (Lipinski definition) is 1. The van der Waals surface area contributed by atoms with Crippen molar-refractivity contribution >= 4 is 15.9 Å². The van der Waals surface area contributed by atoms with Crippen LogP contribution in [0.3, 0.4) is 0 Å². The fraction of sp³-hybridized carbons (Fsp3) is 0.562.